The van der Waals surface area contributed by atoms with Crippen molar-refractivity contribution >= 4 is 40.3 Å². The molecule has 0 aliphatic carbocycles. The van der Waals surface area contributed by atoms with Crippen LogP contribution in [-0.2, 0) is 53.8 Å². The zero-order valence-electron chi connectivity index (χ0n) is 7.26. The van der Waals surface area contributed by atoms with Crippen LogP contribution in [0.5, 0.6) is 0 Å². The first-order valence-electron chi connectivity index (χ1n) is 2.11. The van der Waals surface area contributed by atoms with Gasteiger partial charge in [0, 0.05) is 20.8 Å². The van der Waals surface area contributed by atoms with E-state index < -0.39 is 26.8 Å². The number of hydrogen-bond donors (Lipinski definition) is 2. The fourth-order valence-electron chi connectivity index (χ4n) is 0. The van der Waals surface area contributed by atoms with E-state index in [9.17, 15) is 0 Å². The third kappa shape index (κ3) is 8530000. The van der Waals surface area contributed by atoms with Crippen LogP contribution < -0.4 is 11.5 Å². The quantitative estimate of drug-likeness (QED) is 0.249. The molecule has 0 aromatic rings. The van der Waals surface area contributed by atoms with Crippen molar-refractivity contribution in [3.05, 3.63) is 0 Å². The molecule has 0 unspecified atom stereocenters. The van der Waals surface area contributed by atoms with Crippen molar-refractivity contribution in [1.82, 2.24) is 0 Å². The molecule has 0 aromatic heterocycles. The standard InChI is InChI=1S/CH4N2O.2H2O4S.S.Zn/c2-1(3)4;2*1-5(2,3)4;;/h(H4,2,3,4);2*(H2,1,2,3,4);;/q;;;2*+2/p-4. The summed E-state index contributed by atoms with van der Waals surface area (Å²) in [6.07, 6.45) is 0. The van der Waals surface area contributed by atoms with Gasteiger partial charge in [0.05, 0.1) is 0 Å². The molecule has 4 N–H and O–H groups in total. The first kappa shape index (κ1) is 29.7. The van der Waals surface area contributed by atoms with Gasteiger partial charge in [0.1, 0.15) is 0 Å². The zero-order valence-corrected chi connectivity index (χ0v) is 12.7. The van der Waals surface area contributed by atoms with Crippen molar-refractivity contribution in [3.8, 4) is 0 Å². The van der Waals surface area contributed by atoms with Crippen LogP contribution in [0.25, 0.3) is 0 Å². The summed E-state index contributed by atoms with van der Waals surface area (Å²) in [5, 5.41) is 0. The molecule has 0 saturated heterocycles. The van der Waals surface area contributed by atoms with Gasteiger partial charge in [-0.05, 0) is 0 Å². The zero-order chi connectivity index (χ0) is 12.6. The Morgan fingerprint density at radius 3 is 0.812 bits per heavy atom. The number of carbonyl (C=O) groups is 1. The molecule has 0 saturated carbocycles. The number of nitrogens with two attached hydrogens (primary N) is 2. The topological polar surface area (TPSA) is 230 Å². The molecule has 0 fully saturated rings. The molecule has 0 aliphatic heterocycles. The summed E-state index contributed by atoms with van der Waals surface area (Å²) < 4.78 is 68.2. The molecule has 0 spiro atoms. The Morgan fingerprint density at radius 1 is 0.812 bits per heavy atom. The van der Waals surface area contributed by atoms with Crippen molar-refractivity contribution in [1.29, 1.82) is 0 Å². The summed E-state index contributed by atoms with van der Waals surface area (Å²) in [6.45, 7) is 0. The molecule has 15 heteroatoms. The van der Waals surface area contributed by atoms with E-state index in [1.54, 1.807) is 0 Å². The molecule has 92 valence electrons. The van der Waals surface area contributed by atoms with Gasteiger partial charge in [-0.3, -0.25) is 16.8 Å². The van der Waals surface area contributed by atoms with Gasteiger partial charge in [-0.1, -0.05) is 0 Å². The number of hydrogen-bond acceptors (Lipinski definition) is 9. The van der Waals surface area contributed by atoms with Crippen molar-refractivity contribution in [2.24, 2.45) is 11.5 Å². The van der Waals surface area contributed by atoms with Crippen LogP contribution in [0, 0.1) is 0 Å². The van der Waals surface area contributed by atoms with E-state index in [0.29, 0.717) is 0 Å². The van der Waals surface area contributed by atoms with Crippen molar-refractivity contribution in [2.75, 3.05) is 0 Å². The average molecular weight is 350 g/mol. The minimum Gasteiger partial charge on any atom is -0.759 e. The fraction of sp³-hybridized carbons (Fsp3) is 0. The van der Waals surface area contributed by atoms with Gasteiger partial charge >= 0.3 is 39.0 Å². The molecule has 2 amide bonds. The number of carbonyl (C=O) groups excluding carboxylic acids is 1. The Balaban J connectivity index is -0.0000000358. The molecule has 11 nitrogen and oxygen atoms in total. The second-order valence-corrected chi connectivity index (χ2v) is 2.85. The molecule has 16 heavy (non-hydrogen) atoms. The summed E-state index contributed by atoms with van der Waals surface area (Å²) in [7, 11) is -10.3. The van der Waals surface area contributed by atoms with Crippen LogP contribution in [0.1, 0.15) is 0 Å². The maximum Gasteiger partial charge on any atom is 2.00 e. The van der Waals surface area contributed by atoms with E-state index in [1.807, 2.05) is 0 Å². The van der Waals surface area contributed by atoms with E-state index in [0.717, 1.165) is 0 Å². The monoisotopic (exact) mass is 348 g/mol. The van der Waals surface area contributed by atoms with Crippen molar-refractivity contribution in [3.63, 3.8) is 0 Å². The number of primary amides is 2. The normalized spacial score (nSPS) is 8.75. The third-order valence-electron chi connectivity index (χ3n) is 0. The van der Waals surface area contributed by atoms with Gasteiger partial charge in [0.15, 0.2) is 0 Å². The van der Waals surface area contributed by atoms with Crippen molar-refractivity contribution in [2.45, 2.75) is 0 Å². The Hall–Kier alpha value is -0.0166. The predicted molar refractivity (Wildman–Crippen MR) is 42.1 cm³/mol. The van der Waals surface area contributed by atoms with E-state index in [-0.39, 0.29) is 33.0 Å². The van der Waals surface area contributed by atoms with Crippen LogP contribution >= 0.6 is 0 Å². The Morgan fingerprint density at radius 2 is 0.812 bits per heavy atom. The smallest absolute Gasteiger partial charge is 0.759 e. The largest absolute Gasteiger partial charge is 2.00 e. The van der Waals surface area contributed by atoms with Crippen LogP contribution in [0.4, 0.5) is 4.79 Å². The van der Waals surface area contributed by atoms with Gasteiger partial charge in [-0.15, -0.1) is 0 Å². The molecule has 0 aromatic carbocycles. The SMILES string of the molecule is NC(N)=O.O=S(=O)([O-])[O-].O=S(=O)([O-])[O-].[S+2].[Zn+2]. The molecule has 0 rings (SSSR count). The van der Waals surface area contributed by atoms with Crippen LogP contribution in [0.3, 0.4) is 0 Å². The van der Waals surface area contributed by atoms with Gasteiger partial charge in [-0.2, -0.15) is 0 Å². The summed E-state index contributed by atoms with van der Waals surface area (Å²) >= 11 is 0. The van der Waals surface area contributed by atoms with Crippen LogP contribution in [-0.4, -0.2) is 41.1 Å². The fourth-order valence-corrected chi connectivity index (χ4v) is 0. The molecular weight excluding hydrogens is 346 g/mol. The first-order valence-corrected chi connectivity index (χ1v) is 4.78. The Labute approximate surface area is 111 Å². The molecule has 0 atom stereocenters. The van der Waals surface area contributed by atoms with E-state index >= 15 is 0 Å². The van der Waals surface area contributed by atoms with Crippen molar-refractivity contribution < 1.29 is 59.3 Å². The van der Waals surface area contributed by atoms with Gasteiger partial charge in [0.25, 0.3) is 0 Å². The minimum atomic E-state index is -5.17. The second kappa shape index (κ2) is 13.1. The molecule has 0 aliphatic rings. The second-order valence-electron chi connectivity index (χ2n) is 1.22. The van der Waals surface area contributed by atoms with Crippen LogP contribution in [0.15, 0.2) is 0 Å². The number of urea groups is 1. The molecule has 0 heterocycles. The van der Waals surface area contributed by atoms with Gasteiger partial charge in [0.2, 0.25) is 0 Å². The summed E-state index contributed by atoms with van der Waals surface area (Å²) in [5.74, 6) is 0. The Bertz CT molecular complexity index is 295. The first-order chi connectivity index (χ1) is 5.73. The van der Waals surface area contributed by atoms with Gasteiger partial charge in [-0.25, -0.2) is 4.79 Å². The molecular formula is CH4N2O9S3Zn. The van der Waals surface area contributed by atoms with E-state index in [1.165, 1.54) is 0 Å². The molecule has 0 bridgehead atoms. The maximum absolute atomic E-state index is 9.00. The van der Waals surface area contributed by atoms with Gasteiger partial charge < -0.3 is 29.7 Å². The average Bonchev–Trinajstić information content (AvgIpc) is 1.45. The summed E-state index contributed by atoms with van der Waals surface area (Å²) in [4.78, 5) is 9.00. The Kier molecular flexibility index (Phi) is 24.3. The minimum absolute atomic E-state index is 0. The maximum atomic E-state index is 9.00. The van der Waals surface area contributed by atoms with E-state index in [2.05, 4.69) is 11.5 Å². The van der Waals surface area contributed by atoms with E-state index in [4.69, 9.17) is 39.8 Å². The number of amides is 2. The third-order valence-corrected chi connectivity index (χ3v) is 0. The number of rotatable bonds is 0. The summed E-state index contributed by atoms with van der Waals surface area (Å²) in [5.41, 5.74) is 8.50. The molecule has 4 radical (unpaired) electrons. The predicted octanol–water partition coefficient (Wildman–Crippen LogP) is -3.66. The summed E-state index contributed by atoms with van der Waals surface area (Å²) in [6, 6.07) is -0.833. The van der Waals surface area contributed by atoms with Crippen LogP contribution in [0.2, 0.25) is 0 Å².